The van der Waals surface area contributed by atoms with Crippen LogP contribution >= 0.6 is 0 Å². The zero-order chi connectivity index (χ0) is 15.4. The van der Waals surface area contributed by atoms with E-state index < -0.39 is 16.4 Å². The summed E-state index contributed by atoms with van der Waals surface area (Å²) in [6.45, 7) is 2.88. The van der Waals surface area contributed by atoms with Crippen molar-refractivity contribution < 1.29 is 19.2 Å². The average Bonchev–Trinajstić information content (AvgIpc) is 2.47. The summed E-state index contributed by atoms with van der Waals surface area (Å²) in [5.74, 6) is -1.35. The van der Waals surface area contributed by atoms with Gasteiger partial charge in [-0.1, -0.05) is 0 Å². The van der Waals surface area contributed by atoms with Crippen LogP contribution in [0.15, 0.2) is 18.2 Å². The standard InChI is InChI=1S/C13H16FN3O4/c14-11-9-10(1-2-12(11)17(20)21)13(19)16-5-3-15(4-6-16)7-8-18/h1-2,9,18H,3-8H2. The quantitative estimate of drug-likeness (QED) is 0.645. The summed E-state index contributed by atoms with van der Waals surface area (Å²) in [6, 6.07) is 3.18. The molecule has 0 spiro atoms. The third-order valence-electron chi connectivity index (χ3n) is 3.47. The number of nitro benzene ring substituents is 1. The van der Waals surface area contributed by atoms with Crippen molar-refractivity contribution in [1.82, 2.24) is 9.80 Å². The Kier molecular flexibility index (Phi) is 4.81. The highest BCUT2D eigenvalue weighted by atomic mass is 19.1. The van der Waals surface area contributed by atoms with Crippen molar-refractivity contribution in [3.05, 3.63) is 39.7 Å². The molecule has 0 aromatic heterocycles. The van der Waals surface area contributed by atoms with Crippen LogP contribution in [0.5, 0.6) is 0 Å². The number of nitro groups is 1. The lowest BCUT2D eigenvalue weighted by Gasteiger charge is -2.34. The highest BCUT2D eigenvalue weighted by Crippen LogP contribution is 2.19. The molecule has 1 aliphatic heterocycles. The van der Waals surface area contributed by atoms with Crippen LogP contribution < -0.4 is 0 Å². The number of carbonyl (C=O) groups excluding carboxylic acids is 1. The van der Waals surface area contributed by atoms with Crippen LogP contribution in [-0.4, -0.2) is 65.1 Å². The number of aliphatic hydroxyl groups excluding tert-OH is 1. The first-order valence-corrected chi connectivity index (χ1v) is 6.59. The topological polar surface area (TPSA) is 86.9 Å². The van der Waals surface area contributed by atoms with Gasteiger partial charge >= 0.3 is 5.69 Å². The van der Waals surface area contributed by atoms with Crippen molar-refractivity contribution in [2.45, 2.75) is 0 Å². The molecule has 7 nitrogen and oxygen atoms in total. The predicted octanol–water partition coefficient (Wildman–Crippen LogP) is 0.484. The van der Waals surface area contributed by atoms with Gasteiger partial charge in [0.1, 0.15) is 0 Å². The van der Waals surface area contributed by atoms with Gasteiger partial charge in [0.05, 0.1) is 11.5 Å². The predicted molar refractivity (Wildman–Crippen MR) is 72.5 cm³/mol. The number of aliphatic hydroxyl groups is 1. The smallest absolute Gasteiger partial charge is 0.304 e. The van der Waals surface area contributed by atoms with Gasteiger partial charge in [-0.05, 0) is 12.1 Å². The first-order valence-electron chi connectivity index (χ1n) is 6.59. The number of nitrogens with zero attached hydrogens (tertiary/aromatic N) is 3. The van der Waals surface area contributed by atoms with Gasteiger partial charge in [0.2, 0.25) is 5.82 Å². The zero-order valence-corrected chi connectivity index (χ0v) is 11.4. The fraction of sp³-hybridized carbons (Fsp3) is 0.462. The van der Waals surface area contributed by atoms with Gasteiger partial charge in [0.15, 0.2) is 0 Å². The summed E-state index contributed by atoms with van der Waals surface area (Å²) in [5.41, 5.74) is -0.534. The number of piperazine rings is 1. The summed E-state index contributed by atoms with van der Waals surface area (Å²) in [7, 11) is 0. The Balaban J connectivity index is 2.04. The van der Waals surface area contributed by atoms with Crippen LogP contribution in [0.25, 0.3) is 0 Å². The van der Waals surface area contributed by atoms with Crippen molar-refractivity contribution in [2.24, 2.45) is 0 Å². The monoisotopic (exact) mass is 297 g/mol. The molecule has 1 aromatic rings. The van der Waals surface area contributed by atoms with E-state index in [2.05, 4.69) is 0 Å². The third-order valence-corrected chi connectivity index (χ3v) is 3.47. The van der Waals surface area contributed by atoms with Crippen LogP contribution in [0.4, 0.5) is 10.1 Å². The van der Waals surface area contributed by atoms with Crippen LogP contribution in [0.2, 0.25) is 0 Å². The number of hydrogen-bond donors (Lipinski definition) is 1. The molecular weight excluding hydrogens is 281 g/mol. The Morgan fingerprint density at radius 2 is 2.00 bits per heavy atom. The highest BCUT2D eigenvalue weighted by molar-refractivity contribution is 5.94. The summed E-state index contributed by atoms with van der Waals surface area (Å²) in [4.78, 5) is 25.5. The number of carbonyl (C=O) groups is 1. The lowest BCUT2D eigenvalue weighted by atomic mass is 10.1. The summed E-state index contributed by atoms with van der Waals surface area (Å²) in [6.07, 6.45) is 0. The van der Waals surface area contributed by atoms with Crippen molar-refractivity contribution >= 4 is 11.6 Å². The molecule has 1 N–H and O–H groups in total. The van der Waals surface area contributed by atoms with Gasteiger partial charge in [-0.15, -0.1) is 0 Å². The van der Waals surface area contributed by atoms with E-state index in [4.69, 9.17) is 5.11 Å². The molecule has 0 radical (unpaired) electrons. The maximum absolute atomic E-state index is 13.5. The van der Waals surface area contributed by atoms with Crippen LogP contribution in [0.1, 0.15) is 10.4 Å². The Morgan fingerprint density at radius 3 is 2.52 bits per heavy atom. The maximum atomic E-state index is 13.5. The Bertz CT molecular complexity index is 544. The molecule has 1 aliphatic rings. The van der Waals surface area contributed by atoms with E-state index in [1.807, 2.05) is 4.90 Å². The molecule has 1 amide bonds. The number of amides is 1. The van der Waals surface area contributed by atoms with Crippen molar-refractivity contribution in [3.8, 4) is 0 Å². The number of benzene rings is 1. The summed E-state index contributed by atoms with van der Waals surface area (Å²) < 4.78 is 13.5. The Morgan fingerprint density at radius 1 is 1.33 bits per heavy atom. The van der Waals surface area contributed by atoms with Crippen molar-refractivity contribution in [3.63, 3.8) is 0 Å². The minimum atomic E-state index is -1.01. The molecule has 114 valence electrons. The fourth-order valence-electron chi connectivity index (χ4n) is 2.29. The number of halogens is 1. The lowest BCUT2D eigenvalue weighted by molar-refractivity contribution is -0.387. The van der Waals surface area contributed by atoms with Gasteiger partial charge in [-0.25, -0.2) is 0 Å². The van der Waals surface area contributed by atoms with E-state index >= 15 is 0 Å². The zero-order valence-electron chi connectivity index (χ0n) is 11.4. The molecule has 1 saturated heterocycles. The highest BCUT2D eigenvalue weighted by Gasteiger charge is 2.23. The van der Waals surface area contributed by atoms with Crippen molar-refractivity contribution in [1.29, 1.82) is 0 Å². The fourth-order valence-corrected chi connectivity index (χ4v) is 2.29. The summed E-state index contributed by atoms with van der Waals surface area (Å²) in [5, 5.41) is 19.4. The average molecular weight is 297 g/mol. The van der Waals surface area contributed by atoms with Gasteiger partial charge in [-0.3, -0.25) is 19.8 Å². The number of rotatable bonds is 4. The molecule has 21 heavy (non-hydrogen) atoms. The summed E-state index contributed by atoms with van der Waals surface area (Å²) >= 11 is 0. The molecule has 0 atom stereocenters. The van der Waals surface area contributed by atoms with Crippen molar-refractivity contribution in [2.75, 3.05) is 39.3 Å². The van der Waals surface area contributed by atoms with Gasteiger partial charge in [0, 0.05) is 44.4 Å². The van der Waals surface area contributed by atoms with Crippen LogP contribution in [0, 0.1) is 15.9 Å². The van der Waals surface area contributed by atoms with E-state index in [1.54, 1.807) is 4.90 Å². The van der Waals surface area contributed by atoms with E-state index in [-0.39, 0.29) is 18.1 Å². The van der Waals surface area contributed by atoms with E-state index in [9.17, 15) is 19.3 Å². The van der Waals surface area contributed by atoms with E-state index in [0.29, 0.717) is 32.7 Å². The van der Waals surface area contributed by atoms with Gasteiger partial charge in [-0.2, -0.15) is 4.39 Å². The van der Waals surface area contributed by atoms with Crippen LogP contribution in [-0.2, 0) is 0 Å². The first-order chi connectivity index (χ1) is 10.0. The molecule has 2 rings (SSSR count). The molecule has 8 heteroatoms. The third kappa shape index (κ3) is 3.53. The molecule has 1 aromatic carbocycles. The second-order valence-electron chi connectivity index (χ2n) is 4.78. The van der Waals surface area contributed by atoms with Gasteiger partial charge < -0.3 is 10.0 Å². The molecule has 0 aliphatic carbocycles. The lowest BCUT2D eigenvalue weighted by Crippen LogP contribution is -2.49. The normalized spacial score (nSPS) is 16.0. The van der Waals surface area contributed by atoms with Crippen LogP contribution in [0.3, 0.4) is 0 Å². The Labute approximate surface area is 120 Å². The van der Waals surface area contributed by atoms with Gasteiger partial charge in [0.25, 0.3) is 5.91 Å². The second-order valence-corrected chi connectivity index (χ2v) is 4.78. The maximum Gasteiger partial charge on any atom is 0.304 e. The SMILES string of the molecule is O=C(c1ccc([N+](=O)[O-])c(F)c1)N1CCN(CCO)CC1. The second kappa shape index (κ2) is 6.59. The molecular formula is C13H16FN3O4. The minimum absolute atomic E-state index is 0.0709. The minimum Gasteiger partial charge on any atom is -0.395 e. The van der Waals surface area contributed by atoms with E-state index in [1.165, 1.54) is 6.07 Å². The number of β-amino-alcohol motifs (C(OH)–C–C–N with tert-alkyl or cyclic N) is 1. The molecule has 0 saturated carbocycles. The molecule has 1 heterocycles. The first kappa shape index (κ1) is 15.3. The number of hydrogen-bond acceptors (Lipinski definition) is 5. The largest absolute Gasteiger partial charge is 0.395 e. The molecule has 0 unspecified atom stereocenters. The van der Waals surface area contributed by atoms with E-state index in [0.717, 1.165) is 12.1 Å². The molecule has 1 fully saturated rings. The molecule has 0 bridgehead atoms. The Hall–Kier alpha value is -2.06.